The maximum Gasteiger partial charge on any atom is 0.234 e. The number of anilines is 1. The van der Waals surface area contributed by atoms with Gasteiger partial charge in [0, 0.05) is 38.2 Å². The van der Waals surface area contributed by atoms with Crippen molar-refractivity contribution in [3.05, 3.63) is 58.9 Å². The highest BCUT2D eigenvalue weighted by Crippen LogP contribution is 2.27. The Morgan fingerprint density at radius 2 is 2.00 bits per heavy atom. The van der Waals surface area contributed by atoms with E-state index in [1.54, 1.807) is 6.92 Å². The third-order valence-electron chi connectivity index (χ3n) is 5.66. The molecule has 3 heterocycles. The number of nitrogens with zero attached hydrogens (tertiary/aromatic N) is 5. The molecular weight excluding hydrogens is 392 g/mol. The number of amides is 1. The van der Waals surface area contributed by atoms with E-state index in [4.69, 9.17) is 4.42 Å². The number of hydrogen-bond acceptors (Lipinski definition) is 6. The predicted octanol–water partition coefficient (Wildman–Crippen LogP) is 3.19. The number of para-hydroxylation sites is 1. The van der Waals surface area contributed by atoms with Crippen molar-refractivity contribution in [1.82, 2.24) is 20.1 Å². The molecule has 1 amide bonds. The highest BCUT2D eigenvalue weighted by atomic mass is 16.4. The van der Waals surface area contributed by atoms with Gasteiger partial charge in [-0.15, -0.1) is 0 Å². The Morgan fingerprint density at radius 1 is 1.26 bits per heavy atom. The largest absolute Gasteiger partial charge is 0.424 e. The first-order chi connectivity index (χ1) is 15.0. The number of carbonyl (C=O) groups is 1. The first-order valence-electron chi connectivity index (χ1n) is 10.5. The van der Waals surface area contributed by atoms with Crippen LogP contribution in [0.15, 0.2) is 34.7 Å². The predicted molar refractivity (Wildman–Crippen MR) is 116 cm³/mol. The van der Waals surface area contributed by atoms with Crippen molar-refractivity contribution < 1.29 is 9.21 Å². The lowest BCUT2D eigenvalue weighted by molar-refractivity contribution is -0.125. The normalized spacial score (nSPS) is 14.5. The summed E-state index contributed by atoms with van der Waals surface area (Å²) in [6, 6.07) is 12.1. The molecule has 2 aromatic heterocycles. The molecule has 4 rings (SSSR count). The Balaban J connectivity index is 1.38. The van der Waals surface area contributed by atoms with Gasteiger partial charge in [-0.25, -0.2) is 9.67 Å². The summed E-state index contributed by atoms with van der Waals surface area (Å²) >= 11 is 0. The van der Waals surface area contributed by atoms with Crippen LogP contribution in [0.1, 0.15) is 41.4 Å². The number of benzene rings is 1. The van der Waals surface area contributed by atoms with Crippen molar-refractivity contribution in [2.45, 2.75) is 40.2 Å². The number of nitrogens with one attached hydrogen (secondary N) is 1. The number of carbonyl (C=O) groups excluding carboxylic acids is 1. The topological polar surface area (TPSA) is 100.0 Å². The van der Waals surface area contributed by atoms with Gasteiger partial charge in [0.05, 0.1) is 11.4 Å². The van der Waals surface area contributed by atoms with E-state index in [0.29, 0.717) is 49.9 Å². The molecule has 0 saturated carbocycles. The fourth-order valence-corrected chi connectivity index (χ4v) is 4.11. The summed E-state index contributed by atoms with van der Waals surface area (Å²) in [7, 11) is 0. The minimum Gasteiger partial charge on any atom is -0.424 e. The lowest BCUT2D eigenvalue weighted by Gasteiger charge is -2.31. The molecule has 0 radical (unpaired) electrons. The average molecular weight is 419 g/mol. The Labute approximate surface area is 181 Å². The summed E-state index contributed by atoms with van der Waals surface area (Å²) in [6.45, 7) is 7.49. The Morgan fingerprint density at radius 3 is 2.68 bits per heavy atom. The molecule has 31 heavy (non-hydrogen) atoms. The number of rotatable bonds is 5. The van der Waals surface area contributed by atoms with E-state index in [0.717, 1.165) is 22.6 Å². The van der Waals surface area contributed by atoms with Crippen molar-refractivity contribution in [2.75, 3.05) is 18.0 Å². The molecule has 160 valence electrons. The molecule has 3 aromatic rings. The number of oxazole rings is 1. The van der Waals surface area contributed by atoms with E-state index >= 15 is 0 Å². The molecule has 0 bridgehead atoms. The molecule has 1 fully saturated rings. The summed E-state index contributed by atoms with van der Waals surface area (Å²) in [5.74, 6) is 0.981. The van der Waals surface area contributed by atoms with E-state index in [2.05, 4.69) is 21.5 Å². The zero-order valence-corrected chi connectivity index (χ0v) is 18.1. The van der Waals surface area contributed by atoms with Crippen molar-refractivity contribution in [3.63, 3.8) is 0 Å². The van der Waals surface area contributed by atoms with E-state index in [1.165, 1.54) is 0 Å². The van der Waals surface area contributed by atoms with Gasteiger partial charge in [-0.3, -0.25) is 4.79 Å². The summed E-state index contributed by atoms with van der Waals surface area (Å²) in [5, 5.41) is 16.9. The molecule has 0 unspecified atom stereocenters. The molecule has 1 N–H and O–H groups in total. The van der Waals surface area contributed by atoms with Gasteiger partial charge in [0.25, 0.3) is 0 Å². The molecule has 1 aliphatic rings. The van der Waals surface area contributed by atoms with Gasteiger partial charge in [0.15, 0.2) is 5.89 Å². The molecule has 1 aromatic carbocycles. The minimum atomic E-state index is -0.0633. The molecule has 8 nitrogen and oxygen atoms in total. The highest BCUT2D eigenvalue weighted by Gasteiger charge is 2.28. The molecule has 0 aliphatic carbocycles. The van der Waals surface area contributed by atoms with Crippen molar-refractivity contribution in [2.24, 2.45) is 5.92 Å². The number of nitriles is 1. The lowest BCUT2D eigenvalue weighted by Crippen LogP contribution is -2.40. The fourth-order valence-electron chi connectivity index (χ4n) is 4.11. The van der Waals surface area contributed by atoms with Gasteiger partial charge in [0.2, 0.25) is 17.5 Å². The third kappa shape index (κ3) is 4.31. The second-order valence-electron chi connectivity index (χ2n) is 7.95. The quantitative estimate of drug-likeness (QED) is 0.683. The van der Waals surface area contributed by atoms with Crippen LogP contribution in [0.25, 0.3) is 5.69 Å². The van der Waals surface area contributed by atoms with Crippen molar-refractivity contribution in [3.8, 4) is 11.8 Å². The summed E-state index contributed by atoms with van der Waals surface area (Å²) in [5.41, 5.74) is 4.33. The van der Waals surface area contributed by atoms with Crippen LogP contribution < -0.4 is 10.2 Å². The number of piperidine rings is 1. The molecular formula is C23H26N6O2. The van der Waals surface area contributed by atoms with Gasteiger partial charge in [0.1, 0.15) is 6.07 Å². The zero-order valence-electron chi connectivity index (χ0n) is 18.1. The van der Waals surface area contributed by atoms with Gasteiger partial charge >= 0.3 is 0 Å². The van der Waals surface area contributed by atoms with Gasteiger partial charge < -0.3 is 14.6 Å². The zero-order chi connectivity index (χ0) is 22.0. The van der Waals surface area contributed by atoms with E-state index in [9.17, 15) is 10.1 Å². The first kappa shape index (κ1) is 20.7. The number of hydrogen-bond donors (Lipinski definition) is 1. The van der Waals surface area contributed by atoms with Crippen molar-refractivity contribution >= 4 is 11.8 Å². The Hall–Kier alpha value is -3.60. The van der Waals surface area contributed by atoms with E-state index < -0.39 is 0 Å². The molecule has 1 aliphatic heterocycles. The monoisotopic (exact) mass is 418 g/mol. The minimum absolute atomic E-state index is 0.0528. The maximum atomic E-state index is 12.8. The first-order valence-corrected chi connectivity index (χ1v) is 10.5. The van der Waals surface area contributed by atoms with E-state index in [1.807, 2.05) is 53.8 Å². The van der Waals surface area contributed by atoms with Crippen LogP contribution in [0.5, 0.6) is 0 Å². The summed E-state index contributed by atoms with van der Waals surface area (Å²) < 4.78 is 7.51. The van der Waals surface area contributed by atoms with Crippen LogP contribution in [0.3, 0.4) is 0 Å². The van der Waals surface area contributed by atoms with Crippen LogP contribution in [-0.2, 0) is 11.3 Å². The molecule has 0 spiro atoms. The van der Waals surface area contributed by atoms with Crippen LogP contribution in [0.2, 0.25) is 0 Å². The van der Waals surface area contributed by atoms with Crippen LogP contribution in [0, 0.1) is 38.0 Å². The summed E-state index contributed by atoms with van der Waals surface area (Å²) in [4.78, 5) is 18.9. The number of aromatic nitrogens is 3. The number of aryl methyl sites for hydroxylation is 3. The van der Waals surface area contributed by atoms with E-state index in [-0.39, 0.29) is 11.8 Å². The molecule has 1 saturated heterocycles. The van der Waals surface area contributed by atoms with Gasteiger partial charge in [-0.05, 0) is 44.4 Å². The second kappa shape index (κ2) is 8.64. The maximum absolute atomic E-state index is 12.8. The van der Waals surface area contributed by atoms with Crippen LogP contribution in [0.4, 0.5) is 5.88 Å². The average Bonchev–Trinajstić information content (AvgIpc) is 3.33. The summed E-state index contributed by atoms with van der Waals surface area (Å²) in [6.07, 6.45) is 1.41. The lowest BCUT2D eigenvalue weighted by atomic mass is 9.95. The van der Waals surface area contributed by atoms with Crippen molar-refractivity contribution in [1.29, 1.82) is 5.26 Å². The van der Waals surface area contributed by atoms with Gasteiger partial charge in [-0.1, -0.05) is 18.2 Å². The SMILES string of the molecule is Cc1cc(C)n(-c2ccccc2CNC(=O)C2CCN(c3oc(C)nc3C#N)CC2)n1. The Bertz CT molecular complexity index is 1130. The highest BCUT2D eigenvalue weighted by molar-refractivity contribution is 5.79. The fraction of sp³-hybridized carbons (Fsp3) is 0.391. The van der Waals surface area contributed by atoms with Crippen LogP contribution in [-0.4, -0.2) is 33.8 Å². The van der Waals surface area contributed by atoms with Crippen LogP contribution >= 0.6 is 0 Å². The second-order valence-corrected chi connectivity index (χ2v) is 7.95. The molecule has 0 atom stereocenters. The Kier molecular flexibility index (Phi) is 5.76. The third-order valence-corrected chi connectivity index (χ3v) is 5.66. The smallest absolute Gasteiger partial charge is 0.234 e. The van der Waals surface area contributed by atoms with Gasteiger partial charge in [-0.2, -0.15) is 10.4 Å². The molecule has 8 heteroatoms. The standard InChI is InChI=1S/C23H26N6O2/c1-15-12-16(2)29(27-15)21-7-5-4-6-19(21)14-25-22(30)18-8-10-28(11-9-18)23-20(13-24)26-17(3)31-23/h4-7,12,18H,8-11,14H2,1-3H3,(H,25,30).